The second kappa shape index (κ2) is 5.92. The highest BCUT2D eigenvalue weighted by atomic mass is 35.5. The molecule has 1 aliphatic carbocycles. The maximum absolute atomic E-state index is 6.59. The van der Waals surface area contributed by atoms with Crippen molar-refractivity contribution in [2.45, 2.75) is 37.6 Å². The summed E-state index contributed by atoms with van der Waals surface area (Å²) >= 11 is 6.51. The van der Waals surface area contributed by atoms with Crippen molar-refractivity contribution in [2.75, 3.05) is 31.2 Å². The van der Waals surface area contributed by atoms with Crippen molar-refractivity contribution in [1.82, 2.24) is 0 Å². The molecule has 1 aromatic carbocycles. The van der Waals surface area contributed by atoms with Gasteiger partial charge in [0.2, 0.25) is 0 Å². The molecule has 0 atom stereocenters. The Labute approximate surface area is 126 Å². The fourth-order valence-corrected chi connectivity index (χ4v) is 3.65. The van der Waals surface area contributed by atoms with E-state index in [0.29, 0.717) is 0 Å². The van der Waals surface area contributed by atoms with Crippen LogP contribution in [0.3, 0.4) is 0 Å². The van der Waals surface area contributed by atoms with Crippen LogP contribution in [0, 0.1) is 0 Å². The zero-order valence-electron chi connectivity index (χ0n) is 11.9. The number of morpholine rings is 1. The van der Waals surface area contributed by atoms with E-state index >= 15 is 0 Å². The zero-order valence-corrected chi connectivity index (χ0v) is 12.7. The molecule has 1 heterocycles. The van der Waals surface area contributed by atoms with Crippen LogP contribution < -0.4 is 10.6 Å². The van der Waals surface area contributed by atoms with E-state index < -0.39 is 0 Å². The molecule has 4 heteroatoms. The molecule has 2 aliphatic rings. The van der Waals surface area contributed by atoms with Crippen LogP contribution >= 0.6 is 11.6 Å². The lowest BCUT2D eigenvalue weighted by molar-refractivity contribution is 0.122. The largest absolute Gasteiger partial charge is 0.378 e. The average molecular weight is 295 g/mol. The minimum Gasteiger partial charge on any atom is -0.378 e. The highest BCUT2D eigenvalue weighted by Gasteiger charge is 2.30. The Morgan fingerprint density at radius 1 is 1.10 bits per heavy atom. The van der Waals surface area contributed by atoms with Gasteiger partial charge in [0.25, 0.3) is 0 Å². The zero-order chi connectivity index (χ0) is 14.0. The van der Waals surface area contributed by atoms with Crippen molar-refractivity contribution < 1.29 is 4.74 Å². The Morgan fingerprint density at radius 3 is 2.45 bits per heavy atom. The first-order valence-electron chi connectivity index (χ1n) is 7.61. The number of rotatable bonds is 2. The maximum atomic E-state index is 6.59. The number of ether oxygens (including phenoxy) is 1. The number of hydrogen-bond acceptors (Lipinski definition) is 3. The van der Waals surface area contributed by atoms with Gasteiger partial charge in [0.05, 0.1) is 23.9 Å². The Morgan fingerprint density at radius 2 is 1.80 bits per heavy atom. The standard InChI is InChI=1S/C16H23ClN2O/c17-14-12-13(16(18)6-2-1-3-7-16)4-5-15(14)19-8-10-20-11-9-19/h4-5,12H,1-3,6-11,18H2. The van der Waals surface area contributed by atoms with Gasteiger partial charge < -0.3 is 15.4 Å². The van der Waals surface area contributed by atoms with Gasteiger partial charge in [0, 0.05) is 18.6 Å². The molecule has 1 aliphatic heterocycles. The van der Waals surface area contributed by atoms with Gasteiger partial charge in [-0.3, -0.25) is 0 Å². The number of anilines is 1. The number of halogens is 1. The third-order valence-electron chi connectivity index (χ3n) is 4.62. The molecule has 110 valence electrons. The van der Waals surface area contributed by atoms with Gasteiger partial charge in [-0.05, 0) is 30.5 Å². The summed E-state index contributed by atoms with van der Waals surface area (Å²) in [4.78, 5) is 2.29. The lowest BCUT2D eigenvalue weighted by Crippen LogP contribution is -2.39. The Bertz CT molecular complexity index is 466. The summed E-state index contributed by atoms with van der Waals surface area (Å²) in [7, 11) is 0. The summed E-state index contributed by atoms with van der Waals surface area (Å²) in [6.45, 7) is 3.37. The highest BCUT2D eigenvalue weighted by molar-refractivity contribution is 6.33. The predicted octanol–water partition coefficient (Wildman–Crippen LogP) is 3.29. The van der Waals surface area contributed by atoms with Crippen LogP contribution in [0.15, 0.2) is 18.2 Å². The van der Waals surface area contributed by atoms with E-state index in [1.165, 1.54) is 24.8 Å². The lowest BCUT2D eigenvalue weighted by atomic mass is 9.77. The van der Waals surface area contributed by atoms with Crippen LogP contribution in [0.4, 0.5) is 5.69 Å². The second-order valence-corrected chi connectivity index (χ2v) is 6.39. The molecule has 2 N–H and O–H groups in total. The average Bonchev–Trinajstić information content (AvgIpc) is 2.49. The van der Waals surface area contributed by atoms with Gasteiger partial charge in [-0.2, -0.15) is 0 Å². The molecule has 1 saturated heterocycles. The van der Waals surface area contributed by atoms with Gasteiger partial charge in [-0.1, -0.05) is 36.9 Å². The molecule has 0 radical (unpaired) electrons. The molecular weight excluding hydrogens is 272 g/mol. The molecule has 0 amide bonds. The molecule has 0 unspecified atom stereocenters. The minimum atomic E-state index is -0.175. The summed E-state index contributed by atoms with van der Waals surface area (Å²) in [6, 6.07) is 6.38. The summed E-state index contributed by atoms with van der Waals surface area (Å²) < 4.78 is 5.39. The number of nitrogens with zero attached hydrogens (tertiary/aromatic N) is 1. The van der Waals surface area contributed by atoms with E-state index in [4.69, 9.17) is 22.1 Å². The lowest BCUT2D eigenvalue weighted by Gasteiger charge is -2.35. The Kier molecular flexibility index (Phi) is 4.20. The predicted molar refractivity (Wildman–Crippen MR) is 83.4 cm³/mol. The smallest absolute Gasteiger partial charge is 0.0643 e. The summed E-state index contributed by atoms with van der Waals surface area (Å²) in [5.74, 6) is 0. The van der Waals surface area contributed by atoms with Gasteiger partial charge in [0.1, 0.15) is 0 Å². The minimum absolute atomic E-state index is 0.175. The Hall–Kier alpha value is -0.770. The van der Waals surface area contributed by atoms with E-state index in [9.17, 15) is 0 Å². The first kappa shape index (κ1) is 14.2. The highest BCUT2D eigenvalue weighted by Crippen LogP contribution is 2.38. The molecule has 0 spiro atoms. The fraction of sp³-hybridized carbons (Fsp3) is 0.625. The fourth-order valence-electron chi connectivity index (χ4n) is 3.35. The monoisotopic (exact) mass is 294 g/mol. The summed E-state index contributed by atoms with van der Waals surface area (Å²) in [5.41, 5.74) is 8.71. The van der Waals surface area contributed by atoms with Gasteiger partial charge in [0.15, 0.2) is 0 Å². The van der Waals surface area contributed by atoms with E-state index in [0.717, 1.165) is 49.9 Å². The second-order valence-electron chi connectivity index (χ2n) is 5.98. The quantitative estimate of drug-likeness (QED) is 0.909. The summed E-state index contributed by atoms with van der Waals surface area (Å²) in [5, 5.41) is 0.819. The normalized spacial score (nSPS) is 22.8. The van der Waals surface area contributed by atoms with Crippen molar-refractivity contribution in [3.05, 3.63) is 28.8 Å². The Balaban J connectivity index is 1.83. The number of benzene rings is 1. The molecule has 0 bridgehead atoms. The first-order chi connectivity index (χ1) is 9.69. The van der Waals surface area contributed by atoms with E-state index in [2.05, 4.69) is 23.1 Å². The van der Waals surface area contributed by atoms with Crippen LogP contribution in [0.2, 0.25) is 5.02 Å². The third-order valence-corrected chi connectivity index (χ3v) is 4.92. The van der Waals surface area contributed by atoms with Crippen LogP contribution in [-0.4, -0.2) is 26.3 Å². The topological polar surface area (TPSA) is 38.5 Å². The van der Waals surface area contributed by atoms with Crippen molar-refractivity contribution >= 4 is 17.3 Å². The van der Waals surface area contributed by atoms with Crippen LogP contribution in [0.25, 0.3) is 0 Å². The van der Waals surface area contributed by atoms with Gasteiger partial charge in [-0.15, -0.1) is 0 Å². The van der Waals surface area contributed by atoms with E-state index in [1.54, 1.807) is 0 Å². The van der Waals surface area contributed by atoms with E-state index in [-0.39, 0.29) is 5.54 Å². The molecule has 0 aromatic heterocycles. The number of nitrogens with two attached hydrogens (primary N) is 1. The molecule has 20 heavy (non-hydrogen) atoms. The van der Waals surface area contributed by atoms with Gasteiger partial charge >= 0.3 is 0 Å². The van der Waals surface area contributed by atoms with Crippen molar-refractivity contribution in [3.63, 3.8) is 0 Å². The van der Waals surface area contributed by atoms with Crippen LogP contribution in [0.1, 0.15) is 37.7 Å². The molecule has 1 aromatic rings. The van der Waals surface area contributed by atoms with E-state index in [1.807, 2.05) is 0 Å². The molecule has 1 saturated carbocycles. The summed E-state index contributed by atoms with van der Waals surface area (Å²) in [6.07, 6.45) is 5.89. The van der Waals surface area contributed by atoms with Crippen molar-refractivity contribution in [2.24, 2.45) is 5.73 Å². The van der Waals surface area contributed by atoms with Crippen molar-refractivity contribution in [3.8, 4) is 0 Å². The maximum Gasteiger partial charge on any atom is 0.0643 e. The third kappa shape index (κ3) is 2.80. The van der Waals surface area contributed by atoms with Crippen LogP contribution in [-0.2, 0) is 10.3 Å². The number of hydrogen-bond donors (Lipinski definition) is 1. The SMILES string of the molecule is NC1(c2ccc(N3CCOCC3)c(Cl)c2)CCCCC1. The molecule has 3 nitrogen and oxygen atoms in total. The molecule has 2 fully saturated rings. The first-order valence-corrected chi connectivity index (χ1v) is 7.98. The molecular formula is C16H23ClN2O. The van der Waals surface area contributed by atoms with Crippen molar-refractivity contribution in [1.29, 1.82) is 0 Å². The van der Waals surface area contributed by atoms with Crippen LogP contribution in [0.5, 0.6) is 0 Å². The van der Waals surface area contributed by atoms with Gasteiger partial charge in [-0.25, -0.2) is 0 Å². The molecule has 3 rings (SSSR count).